The van der Waals surface area contributed by atoms with Crippen molar-refractivity contribution in [2.45, 2.75) is 43.0 Å². The molecule has 31 heavy (non-hydrogen) atoms. The second kappa shape index (κ2) is 6.95. The molecule has 4 rings (SSSR count). The van der Waals surface area contributed by atoms with Gasteiger partial charge >= 0.3 is 6.36 Å². The van der Waals surface area contributed by atoms with Gasteiger partial charge in [-0.15, -0.1) is 13.2 Å². The van der Waals surface area contributed by atoms with Gasteiger partial charge in [0.25, 0.3) is 5.91 Å². The number of sulfone groups is 1. The summed E-state index contributed by atoms with van der Waals surface area (Å²) in [4.78, 5) is 18.1. The predicted octanol–water partition coefficient (Wildman–Crippen LogP) is 3.49. The van der Waals surface area contributed by atoms with Crippen LogP contribution in [0.25, 0.3) is 0 Å². The van der Waals surface area contributed by atoms with Crippen molar-refractivity contribution in [2.24, 2.45) is 0 Å². The maximum absolute atomic E-state index is 12.9. The van der Waals surface area contributed by atoms with Crippen LogP contribution >= 0.6 is 0 Å². The van der Waals surface area contributed by atoms with E-state index in [1.807, 2.05) is 0 Å². The van der Waals surface area contributed by atoms with Crippen molar-refractivity contribution < 1.29 is 31.1 Å². The van der Waals surface area contributed by atoms with Crippen molar-refractivity contribution in [2.75, 3.05) is 10.7 Å². The molecule has 0 radical (unpaired) electrons. The van der Waals surface area contributed by atoms with Crippen LogP contribution in [0.2, 0.25) is 0 Å². The van der Waals surface area contributed by atoms with Gasteiger partial charge in [-0.25, -0.2) is 13.4 Å². The first-order valence-electron chi connectivity index (χ1n) is 9.35. The number of aromatic nitrogens is 1. The summed E-state index contributed by atoms with van der Waals surface area (Å²) in [5, 5.41) is 9.43. The van der Waals surface area contributed by atoms with Gasteiger partial charge < -0.3 is 4.74 Å². The molecule has 1 aliphatic carbocycles. The van der Waals surface area contributed by atoms with Crippen LogP contribution < -0.4 is 9.64 Å². The molecule has 0 saturated heterocycles. The van der Waals surface area contributed by atoms with Crippen LogP contribution in [0.3, 0.4) is 0 Å². The number of carbonyl (C=O) groups excluding carboxylic acids is 1. The fourth-order valence-electron chi connectivity index (χ4n) is 3.52. The molecule has 1 amide bonds. The molecule has 11 heteroatoms. The summed E-state index contributed by atoms with van der Waals surface area (Å²) in [6.07, 6.45) is -2.35. The SMILES string of the molecule is CCS(=O)(=O)c1cc(C2(C#N)CC2)cnc1N1Cc2ccc(OC(F)(F)F)cc2C1=O. The number of pyridine rings is 1. The van der Waals surface area contributed by atoms with E-state index in [1.165, 1.54) is 25.3 Å². The molecule has 1 aromatic carbocycles. The molecule has 1 aliphatic heterocycles. The fraction of sp³-hybridized carbons (Fsp3) is 0.350. The molecular weight excluding hydrogens is 435 g/mol. The van der Waals surface area contributed by atoms with Gasteiger partial charge in [-0.2, -0.15) is 5.26 Å². The molecule has 162 valence electrons. The summed E-state index contributed by atoms with van der Waals surface area (Å²) in [7, 11) is -3.81. The standard InChI is InChI=1S/C20H16F3N3O4S/c1-2-31(28,29)16-7-13(19(11-24)5-6-19)9-25-17(16)26-10-12-3-4-14(30-20(21,22)23)8-15(12)18(26)27/h3-4,7-9H,2,5-6,10H2,1H3. The van der Waals surface area contributed by atoms with Crippen LogP contribution in [0, 0.1) is 11.3 Å². The molecule has 1 aromatic heterocycles. The first-order chi connectivity index (χ1) is 14.5. The van der Waals surface area contributed by atoms with E-state index in [9.17, 15) is 31.6 Å². The number of hydrogen-bond acceptors (Lipinski definition) is 6. The lowest BCUT2D eigenvalue weighted by atomic mass is 10.00. The van der Waals surface area contributed by atoms with E-state index in [0.29, 0.717) is 24.0 Å². The van der Waals surface area contributed by atoms with Crippen LogP contribution in [0.4, 0.5) is 19.0 Å². The predicted molar refractivity (Wildman–Crippen MR) is 102 cm³/mol. The van der Waals surface area contributed by atoms with Crippen molar-refractivity contribution >= 4 is 21.6 Å². The Balaban J connectivity index is 1.76. The van der Waals surface area contributed by atoms with Gasteiger partial charge in [0, 0.05) is 11.8 Å². The number of amides is 1. The zero-order valence-corrected chi connectivity index (χ0v) is 17.0. The quantitative estimate of drug-likeness (QED) is 0.690. The lowest BCUT2D eigenvalue weighted by molar-refractivity contribution is -0.274. The monoisotopic (exact) mass is 451 g/mol. The highest BCUT2D eigenvalue weighted by molar-refractivity contribution is 7.91. The third-order valence-corrected chi connectivity index (χ3v) is 7.17. The lowest BCUT2D eigenvalue weighted by Crippen LogP contribution is -2.27. The van der Waals surface area contributed by atoms with Crippen LogP contribution in [0.1, 0.15) is 41.3 Å². The third-order valence-electron chi connectivity index (χ3n) is 5.44. The number of carbonyl (C=O) groups is 1. The van der Waals surface area contributed by atoms with E-state index in [2.05, 4.69) is 15.8 Å². The number of alkyl halides is 3. The highest BCUT2D eigenvalue weighted by atomic mass is 32.2. The molecule has 0 spiro atoms. The summed E-state index contributed by atoms with van der Waals surface area (Å²) >= 11 is 0. The Morgan fingerprint density at radius 2 is 2.00 bits per heavy atom. The smallest absolute Gasteiger partial charge is 0.406 e. The molecule has 0 atom stereocenters. The van der Waals surface area contributed by atoms with Crippen LogP contribution in [-0.2, 0) is 21.8 Å². The molecule has 1 fully saturated rings. The molecular formula is C20H16F3N3O4S. The van der Waals surface area contributed by atoms with E-state index in [0.717, 1.165) is 17.0 Å². The van der Waals surface area contributed by atoms with Crippen molar-refractivity contribution in [3.8, 4) is 11.8 Å². The number of nitrogens with zero attached hydrogens (tertiary/aromatic N) is 3. The maximum Gasteiger partial charge on any atom is 0.573 e. The molecule has 2 heterocycles. The summed E-state index contributed by atoms with van der Waals surface area (Å²) in [6, 6.07) is 6.95. The Bertz CT molecular complexity index is 1230. The molecule has 0 unspecified atom stereocenters. The highest BCUT2D eigenvalue weighted by Crippen LogP contribution is 2.48. The topological polar surface area (TPSA) is 100 Å². The van der Waals surface area contributed by atoms with Gasteiger partial charge in [0.15, 0.2) is 15.7 Å². The third kappa shape index (κ3) is 3.72. The molecule has 0 N–H and O–H groups in total. The summed E-state index contributed by atoms with van der Waals surface area (Å²) in [5.74, 6) is -1.59. The number of hydrogen-bond donors (Lipinski definition) is 0. The highest BCUT2D eigenvalue weighted by Gasteiger charge is 2.46. The number of ether oxygens (including phenoxy) is 1. The normalized spacial score (nSPS) is 17.3. The Labute approximate surface area is 176 Å². The minimum Gasteiger partial charge on any atom is -0.406 e. The molecule has 7 nitrogen and oxygen atoms in total. The molecule has 1 saturated carbocycles. The van der Waals surface area contributed by atoms with E-state index in [-0.39, 0.29) is 28.6 Å². The Morgan fingerprint density at radius 1 is 1.29 bits per heavy atom. The zero-order valence-electron chi connectivity index (χ0n) is 16.2. The summed E-state index contributed by atoms with van der Waals surface area (Å²) < 4.78 is 66.9. The van der Waals surface area contributed by atoms with Gasteiger partial charge in [0.05, 0.1) is 23.8 Å². The number of nitriles is 1. The maximum atomic E-state index is 12.9. The Morgan fingerprint density at radius 3 is 2.58 bits per heavy atom. The zero-order chi connectivity index (χ0) is 22.6. The van der Waals surface area contributed by atoms with Gasteiger partial charge in [0.1, 0.15) is 10.6 Å². The first kappa shape index (κ1) is 21.1. The van der Waals surface area contributed by atoms with E-state index in [1.54, 1.807) is 0 Å². The minimum atomic E-state index is -4.91. The van der Waals surface area contributed by atoms with Crippen molar-refractivity contribution in [1.82, 2.24) is 4.98 Å². The van der Waals surface area contributed by atoms with Crippen molar-refractivity contribution in [3.05, 3.63) is 47.2 Å². The van der Waals surface area contributed by atoms with Gasteiger partial charge in [-0.05, 0) is 42.2 Å². The summed E-state index contributed by atoms with van der Waals surface area (Å²) in [5.41, 5.74) is 0.0886. The van der Waals surface area contributed by atoms with Crippen molar-refractivity contribution in [3.63, 3.8) is 0 Å². The average Bonchev–Trinajstić information content (AvgIpc) is 3.46. The van der Waals surface area contributed by atoms with E-state index in [4.69, 9.17) is 0 Å². The molecule has 2 aromatic rings. The van der Waals surface area contributed by atoms with Gasteiger partial charge in [0.2, 0.25) is 0 Å². The van der Waals surface area contributed by atoms with Crippen LogP contribution in [0.5, 0.6) is 5.75 Å². The van der Waals surface area contributed by atoms with E-state index >= 15 is 0 Å². The summed E-state index contributed by atoms with van der Waals surface area (Å²) in [6.45, 7) is 1.40. The lowest BCUT2D eigenvalue weighted by Gasteiger charge is -2.20. The second-order valence-electron chi connectivity index (χ2n) is 7.40. The molecule has 0 bridgehead atoms. The minimum absolute atomic E-state index is 0.0249. The Kier molecular flexibility index (Phi) is 4.73. The number of benzene rings is 1. The molecule has 2 aliphatic rings. The number of halogens is 3. The van der Waals surface area contributed by atoms with Crippen molar-refractivity contribution in [1.29, 1.82) is 5.26 Å². The van der Waals surface area contributed by atoms with E-state index < -0.39 is 33.3 Å². The fourth-order valence-corrected chi connectivity index (χ4v) is 4.58. The average molecular weight is 451 g/mol. The number of anilines is 1. The van der Waals surface area contributed by atoms with Crippen LogP contribution in [-0.4, -0.2) is 31.4 Å². The second-order valence-corrected chi connectivity index (χ2v) is 9.65. The number of fused-ring (bicyclic) bond motifs is 1. The van der Waals surface area contributed by atoms with Gasteiger partial charge in [-0.1, -0.05) is 13.0 Å². The van der Waals surface area contributed by atoms with Crippen LogP contribution in [0.15, 0.2) is 35.4 Å². The first-order valence-corrected chi connectivity index (χ1v) is 11.0. The Hall–Kier alpha value is -3.13. The number of rotatable bonds is 5. The largest absolute Gasteiger partial charge is 0.573 e. The van der Waals surface area contributed by atoms with Gasteiger partial charge in [-0.3, -0.25) is 9.69 Å².